The van der Waals surface area contributed by atoms with Gasteiger partial charge in [0.2, 0.25) is 23.6 Å². The molecule has 0 aromatic heterocycles. The van der Waals surface area contributed by atoms with Gasteiger partial charge in [-0.15, -0.1) is 0 Å². The highest BCUT2D eigenvalue weighted by molar-refractivity contribution is 5.98. The van der Waals surface area contributed by atoms with Crippen LogP contribution in [0.1, 0.15) is 59.1 Å². The summed E-state index contributed by atoms with van der Waals surface area (Å²) in [4.78, 5) is 55.8. The summed E-state index contributed by atoms with van der Waals surface area (Å²) < 4.78 is 0. The number of hydrogen-bond donors (Lipinski definition) is 2. The minimum Gasteiger partial charge on any atom is -0.330 e. The second-order valence-electron chi connectivity index (χ2n) is 13.4. The number of amides is 4. The van der Waals surface area contributed by atoms with Gasteiger partial charge in [-0.3, -0.25) is 19.2 Å². The van der Waals surface area contributed by atoms with Crippen LogP contribution >= 0.6 is 0 Å². The molecule has 0 bridgehead atoms. The van der Waals surface area contributed by atoms with Gasteiger partial charge in [0.05, 0.1) is 12.8 Å². The molecular weight excluding hydrogens is 624 g/mol. The Kier molecular flexibility index (Phi) is 10.9. The van der Waals surface area contributed by atoms with Gasteiger partial charge in [-0.25, -0.2) is 0 Å². The van der Waals surface area contributed by atoms with Crippen molar-refractivity contribution in [1.29, 1.82) is 0 Å². The average Bonchev–Trinajstić information content (AvgIpc) is 3.80. The first kappa shape index (κ1) is 34.4. The molecule has 0 spiro atoms. The fourth-order valence-electron chi connectivity index (χ4n) is 6.87. The van der Waals surface area contributed by atoms with Gasteiger partial charge in [0.15, 0.2) is 0 Å². The number of likely N-dealkylation sites (tertiary alicyclic amines) is 2. The van der Waals surface area contributed by atoms with Crippen LogP contribution in [0.25, 0.3) is 12.2 Å². The number of anilines is 2. The van der Waals surface area contributed by atoms with E-state index in [0.29, 0.717) is 50.1 Å². The summed E-state index contributed by atoms with van der Waals surface area (Å²) in [6.45, 7) is 5.20. The fraction of sp³-hybridized carbons (Fsp3) is 0.286. The Hall–Kier alpha value is -5.50. The lowest BCUT2D eigenvalue weighted by Gasteiger charge is -2.24. The summed E-state index contributed by atoms with van der Waals surface area (Å²) in [5.74, 6) is -0.369. The highest BCUT2D eigenvalue weighted by atomic mass is 16.2. The predicted molar refractivity (Wildman–Crippen MR) is 198 cm³/mol. The zero-order valence-electron chi connectivity index (χ0n) is 28.7. The summed E-state index contributed by atoms with van der Waals surface area (Å²) in [7, 11) is 0. The molecule has 0 unspecified atom stereocenters. The Balaban J connectivity index is 0.985. The SMILES string of the molecule is Cc1cccc(CC(=O)N2CCC[C@H]2C(=O)Nc2ccc(/C=C/c3ccc(NC(=O)[C@@H]4CCCN4C(=O)Cc4cccc(C)c4)cc3)cc2)c1. The van der Waals surface area contributed by atoms with E-state index in [1.54, 1.807) is 9.80 Å². The third-order valence-electron chi connectivity index (χ3n) is 9.45. The molecule has 4 amide bonds. The van der Waals surface area contributed by atoms with E-state index >= 15 is 0 Å². The molecule has 8 heteroatoms. The first-order valence-electron chi connectivity index (χ1n) is 17.4. The van der Waals surface area contributed by atoms with Crippen LogP contribution < -0.4 is 10.6 Å². The number of rotatable bonds is 10. The van der Waals surface area contributed by atoms with Crippen LogP contribution in [-0.2, 0) is 32.0 Å². The Morgan fingerprint density at radius 2 is 1.00 bits per heavy atom. The average molecular weight is 669 g/mol. The molecule has 2 atom stereocenters. The van der Waals surface area contributed by atoms with E-state index in [4.69, 9.17) is 0 Å². The van der Waals surface area contributed by atoms with Crippen LogP contribution in [0.5, 0.6) is 0 Å². The molecule has 2 heterocycles. The molecule has 2 aliphatic rings. The third-order valence-corrected chi connectivity index (χ3v) is 9.45. The Labute approximate surface area is 294 Å². The number of nitrogens with zero attached hydrogens (tertiary/aromatic N) is 2. The van der Waals surface area contributed by atoms with Gasteiger partial charge in [-0.2, -0.15) is 0 Å². The fourth-order valence-corrected chi connectivity index (χ4v) is 6.87. The van der Waals surface area contributed by atoms with Crippen LogP contribution in [0, 0.1) is 13.8 Å². The Bertz CT molecular complexity index is 1750. The first-order valence-corrected chi connectivity index (χ1v) is 17.4. The van der Waals surface area contributed by atoms with E-state index < -0.39 is 12.1 Å². The molecule has 256 valence electrons. The maximum absolute atomic E-state index is 13.2. The standard InChI is InChI=1S/C42H44N4O4/c1-29-7-3-9-33(25-29)27-39(47)45-23-5-11-37(45)41(49)43-35-19-15-31(16-20-35)13-14-32-17-21-36(22-18-32)44-42(50)38-12-6-24-46(38)40(48)28-34-10-4-8-30(2)26-34/h3-4,7-10,13-22,25-26,37-38H,5-6,11-12,23-24,27-28H2,1-2H3,(H,43,49)(H,44,50)/b14-13+/t37-,38-/m0/s1. The zero-order valence-corrected chi connectivity index (χ0v) is 28.7. The van der Waals surface area contributed by atoms with E-state index in [-0.39, 0.29) is 23.6 Å². The third kappa shape index (κ3) is 8.74. The van der Waals surface area contributed by atoms with Crippen molar-refractivity contribution < 1.29 is 19.2 Å². The van der Waals surface area contributed by atoms with Crippen molar-refractivity contribution in [2.24, 2.45) is 0 Å². The monoisotopic (exact) mass is 668 g/mol. The highest BCUT2D eigenvalue weighted by Gasteiger charge is 2.35. The topological polar surface area (TPSA) is 98.8 Å². The molecule has 0 radical (unpaired) electrons. The molecule has 2 aliphatic heterocycles. The van der Waals surface area contributed by atoms with Crippen molar-refractivity contribution in [2.45, 2.75) is 64.5 Å². The Morgan fingerprint density at radius 3 is 1.38 bits per heavy atom. The molecule has 4 aromatic rings. The maximum atomic E-state index is 13.2. The van der Waals surface area contributed by atoms with Crippen molar-refractivity contribution in [2.75, 3.05) is 23.7 Å². The minimum absolute atomic E-state index is 0.0225. The zero-order chi connectivity index (χ0) is 35.0. The number of nitrogens with one attached hydrogen (secondary N) is 2. The van der Waals surface area contributed by atoms with Crippen LogP contribution in [-0.4, -0.2) is 58.6 Å². The van der Waals surface area contributed by atoms with Crippen LogP contribution in [0.4, 0.5) is 11.4 Å². The minimum atomic E-state index is -0.469. The largest absolute Gasteiger partial charge is 0.330 e. The number of carbonyl (C=O) groups excluding carboxylic acids is 4. The normalized spacial score (nSPS) is 17.2. The molecule has 2 N–H and O–H groups in total. The van der Waals surface area contributed by atoms with Gasteiger partial charge >= 0.3 is 0 Å². The van der Waals surface area contributed by atoms with Gasteiger partial charge in [0, 0.05) is 24.5 Å². The van der Waals surface area contributed by atoms with Crippen molar-refractivity contribution in [1.82, 2.24) is 9.80 Å². The quantitative estimate of drug-likeness (QED) is 0.181. The molecule has 0 aliphatic carbocycles. The second-order valence-corrected chi connectivity index (χ2v) is 13.4. The number of carbonyl (C=O) groups is 4. The summed E-state index contributed by atoms with van der Waals surface area (Å²) in [6, 6.07) is 30.1. The van der Waals surface area contributed by atoms with E-state index in [0.717, 1.165) is 46.2 Å². The van der Waals surface area contributed by atoms with Crippen molar-refractivity contribution >= 4 is 47.2 Å². The summed E-state index contributed by atoms with van der Waals surface area (Å²) in [6.07, 6.45) is 7.48. The second kappa shape index (κ2) is 15.8. The smallest absolute Gasteiger partial charge is 0.247 e. The van der Waals surface area contributed by atoms with Gasteiger partial charge < -0.3 is 20.4 Å². The summed E-state index contributed by atoms with van der Waals surface area (Å²) >= 11 is 0. The van der Waals surface area contributed by atoms with Crippen molar-refractivity contribution in [3.05, 3.63) is 130 Å². The van der Waals surface area contributed by atoms with Gasteiger partial charge in [-0.05, 0) is 86.1 Å². The predicted octanol–water partition coefficient (Wildman–Crippen LogP) is 6.82. The van der Waals surface area contributed by atoms with Gasteiger partial charge in [0.25, 0.3) is 0 Å². The molecular formula is C42H44N4O4. The van der Waals surface area contributed by atoms with Gasteiger partial charge in [0.1, 0.15) is 12.1 Å². The molecule has 4 aromatic carbocycles. The molecule has 0 saturated carbocycles. The number of aryl methyl sites for hydroxylation is 2. The lowest BCUT2D eigenvalue weighted by Crippen LogP contribution is -2.43. The van der Waals surface area contributed by atoms with E-state index in [9.17, 15) is 19.2 Å². The van der Waals surface area contributed by atoms with E-state index in [2.05, 4.69) is 10.6 Å². The van der Waals surface area contributed by atoms with Crippen LogP contribution in [0.2, 0.25) is 0 Å². The van der Waals surface area contributed by atoms with E-state index in [1.807, 2.05) is 123 Å². The maximum Gasteiger partial charge on any atom is 0.247 e. The summed E-state index contributed by atoms with van der Waals surface area (Å²) in [5, 5.41) is 5.99. The molecule has 2 fully saturated rings. The lowest BCUT2D eigenvalue weighted by atomic mass is 10.1. The molecule has 6 rings (SSSR count). The molecule has 50 heavy (non-hydrogen) atoms. The summed E-state index contributed by atoms with van der Waals surface area (Å²) in [5.41, 5.74) is 7.44. The first-order chi connectivity index (χ1) is 24.2. The molecule has 2 saturated heterocycles. The highest BCUT2D eigenvalue weighted by Crippen LogP contribution is 2.23. The molecule has 8 nitrogen and oxygen atoms in total. The van der Waals surface area contributed by atoms with E-state index in [1.165, 1.54) is 0 Å². The number of hydrogen-bond acceptors (Lipinski definition) is 4. The number of benzene rings is 4. The van der Waals surface area contributed by atoms with Gasteiger partial charge in [-0.1, -0.05) is 96.1 Å². The van der Waals surface area contributed by atoms with Crippen molar-refractivity contribution in [3.8, 4) is 0 Å². The van der Waals surface area contributed by atoms with Crippen LogP contribution in [0.3, 0.4) is 0 Å². The van der Waals surface area contributed by atoms with Crippen LogP contribution in [0.15, 0.2) is 97.1 Å². The lowest BCUT2D eigenvalue weighted by molar-refractivity contribution is -0.136. The van der Waals surface area contributed by atoms with Crippen molar-refractivity contribution in [3.63, 3.8) is 0 Å². The Morgan fingerprint density at radius 1 is 0.600 bits per heavy atom.